The van der Waals surface area contributed by atoms with Crippen molar-refractivity contribution < 1.29 is 8.78 Å². The molecular formula is C13H10BrF2NS. The number of rotatable bonds is 3. The van der Waals surface area contributed by atoms with Crippen LogP contribution in [0, 0.1) is 11.6 Å². The second-order valence-electron chi connectivity index (χ2n) is 3.68. The molecule has 0 saturated carbocycles. The zero-order valence-corrected chi connectivity index (χ0v) is 11.7. The van der Waals surface area contributed by atoms with Crippen LogP contribution in [0.25, 0.3) is 0 Å². The molecule has 2 aromatic carbocycles. The lowest BCUT2D eigenvalue weighted by Crippen LogP contribution is -1.96. The van der Waals surface area contributed by atoms with E-state index < -0.39 is 11.6 Å². The van der Waals surface area contributed by atoms with Crippen LogP contribution in [0.2, 0.25) is 0 Å². The molecule has 0 saturated heterocycles. The van der Waals surface area contributed by atoms with E-state index in [-0.39, 0.29) is 0 Å². The highest BCUT2D eigenvalue weighted by Gasteiger charge is 2.07. The number of nitrogens with two attached hydrogens (primary N) is 1. The second-order valence-corrected chi connectivity index (χ2v) is 5.71. The van der Waals surface area contributed by atoms with Crippen molar-refractivity contribution in [2.24, 2.45) is 5.73 Å². The molecule has 0 aliphatic carbocycles. The predicted molar refractivity (Wildman–Crippen MR) is 72.5 cm³/mol. The zero-order chi connectivity index (χ0) is 13.1. The first-order valence-corrected chi connectivity index (χ1v) is 6.82. The molecule has 0 unspecified atom stereocenters. The number of hydrogen-bond donors (Lipinski definition) is 1. The lowest BCUT2D eigenvalue weighted by Gasteiger charge is -2.06. The Kier molecular flexibility index (Phi) is 4.37. The maximum absolute atomic E-state index is 13.5. The Labute approximate surface area is 117 Å². The Morgan fingerprint density at radius 3 is 2.56 bits per heavy atom. The van der Waals surface area contributed by atoms with Crippen LogP contribution < -0.4 is 5.73 Å². The van der Waals surface area contributed by atoms with Crippen molar-refractivity contribution in [1.82, 2.24) is 0 Å². The molecule has 0 bridgehead atoms. The highest BCUT2D eigenvalue weighted by molar-refractivity contribution is 9.10. The first-order valence-electron chi connectivity index (χ1n) is 5.21. The van der Waals surface area contributed by atoms with Gasteiger partial charge in [0, 0.05) is 26.9 Å². The van der Waals surface area contributed by atoms with Gasteiger partial charge in [0.15, 0.2) is 0 Å². The Hall–Kier alpha value is -0.910. The van der Waals surface area contributed by atoms with Gasteiger partial charge in [-0.25, -0.2) is 8.78 Å². The lowest BCUT2D eigenvalue weighted by atomic mass is 10.2. The van der Waals surface area contributed by atoms with E-state index in [9.17, 15) is 8.78 Å². The summed E-state index contributed by atoms with van der Waals surface area (Å²) in [6, 6.07) is 9.21. The molecule has 0 aliphatic rings. The zero-order valence-electron chi connectivity index (χ0n) is 9.29. The third-order valence-corrected chi connectivity index (χ3v) is 3.77. The van der Waals surface area contributed by atoms with Crippen molar-refractivity contribution in [2.75, 3.05) is 0 Å². The summed E-state index contributed by atoms with van der Waals surface area (Å²) in [6.45, 7) is 0.416. The highest BCUT2D eigenvalue weighted by Crippen LogP contribution is 2.32. The van der Waals surface area contributed by atoms with E-state index in [2.05, 4.69) is 15.9 Å². The van der Waals surface area contributed by atoms with Crippen molar-refractivity contribution in [3.63, 3.8) is 0 Å². The molecule has 0 aliphatic heterocycles. The van der Waals surface area contributed by atoms with Crippen molar-refractivity contribution >= 4 is 27.7 Å². The molecule has 0 spiro atoms. The summed E-state index contributed by atoms with van der Waals surface area (Å²) in [6.07, 6.45) is 0. The summed E-state index contributed by atoms with van der Waals surface area (Å²) in [4.78, 5) is 1.24. The van der Waals surface area contributed by atoms with E-state index >= 15 is 0 Å². The molecule has 0 amide bonds. The molecule has 5 heteroatoms. The fourth-order valence-corrected chi connectivity index (χ4v) is 3.12. The highest BCUT2D eigenvalue weighted by atomic mass is 79.9. The van der Waals surface area contributed by atoms with Crippen molar-refractivity contribution in [2.45, 2.75) is 16.3 Å². The third-order valence-electron chi connectivity index (χ3n) is 2.29. The Morgan fingerprint density at radius 2 is 1.89 bits per heavy atom. The Morgan fingerprint density at radius 1 is 1.11 bits per heavy atom. The quantitative estimate of drug-likeness (QED) is 0.906. The monoisotopic (exact) mass is 329 g/mol. The summed E-state index contributed by atoms with van der Waals surface area (Å²) in [5, 5.41) is 0. The van der Waals surface area contributed by atoms with Gasteiger partial charge in [-0.15, -0.1) is 0 Å². The van der Waals surface area contributed by atoms with Crippen molar-refractivity contribution in [3.8, 4) is 0 Å². The molecule has 2 aromatic rings. The maximum Gasteiger partial charge on any atom is 0.140 e. The van der Waals surface area contributed by atoms with E-state index in [4.69, 9.17) is 5.73 Å². The SMILES string of the molecule is NCc1cc(Br)cc(Sc2ccc(F)cc2F)c1. The summed E-state index contributed by atoms with van der Waals surface area (Å²) < 4.78 is 27.2. The van der Waals surface area contributed by atoms with Gasteiger partial charge in [-0.05, 0) is 35.9 Å². The van der Waals surface area contributed by atoms with Crippen LogP contribution >= 0.6 is 27.7 Å². The first-order chi connectivity index (χ1) is 8.58. The average molecular weight is 330 g/mol. The van der Waals surface area contributed by atoms with Crippen LogP contribution in [0.1, 0.15) is 5.56 Å². The largest absolute Gasteiger partial charge is 0.326 e. The maximum atomic E-state index is 13.5. The van der Waals surface area contributed by atoms with Crippen molar-refractivity contribution in [1.29, 1.82) is 0 Å². The fourth-order valence-electron chi connectivity index (χ4n) is 1.48. The standard InChI is InChI=1S/C13H10BrF2NS/c14-9-3-8(7-17)4-11(5-9)18-13-2-1-10(15)6-12(13)16/h1-6H,7,17H2. The Balaban J connectivity index is 2.30. The van der Waals surface area contributed by atoms with Gasteiger partial charge < -0.3 is 5.73 Å². The molecule has 0 atom stereocenters. The van der Waals surface area contributed by atoms with Gasteiger partial charge in [-0.1, -0.05) is 27.7 Å². The average Bonchev–Trinajstić information content (AvgIpc) is 2.32. The van der Waals surface area contributed by atoms with E-state index in [1.54, 1.807) is 0 Å². The number of hydrogen-bond acceptors (Lipinski definition) is 2. The minimum atomic E-state index is -0.575. The molecule has 0 radical (unpaired) electrons. The lowest BCUT2D eigenvalue weighted by molar-refractivity contribution is 0.565. The van der Waals surface area contributed by atoms with Crippen LogP contribution in [-0.2, 0) is 6.54 Å². The third kappa shape index (κ3) is 3.31. The summed E-state index contributed by atoms with van der Waals surface area (Å²) in [5.41, 5.74) is 6.53. The van der Waals surface area contributed by atoms with Gasteiger partial charge in [0.1, 0.15) is 11.6 Å². The molecule has 2 rings (SSSR count). The van der Waals surface area contributed by atoms with Crippen molar-refractivity contribution in [3.05, 3.63) is 58.1 Å². The molecule has 0 heterocycles. The minimum Gasteiger partial charge on any atom is -0.326 e. The molecule has 2 N–H and O–H groups in total. The summed E-state index contributed by atoms with van der Waals surface area (Å²) >= 11 is 4.61. The fraction of sp³-hybridized carbons (Fsp3) is 0.0769. The molecule has 1 nitrogen and oxygen atoms in total. The second kappa shape index (κ2) is 5.82. The van der Waals surface area contributed by atoms with Gasteiger partial charge in [-0.2, -0.15) is 0 Å². The first kappa shape index (κ1) is 13.5. The minimum absolute atomic E-state index is 0.387. The number of benzene rings is 2. The Bertz CT molecular complexity index is 575. The van der Waals surface area contributed by atoms with E-state index in [1.165, 1.54) is 23.9 Å². The normalized spacial score (nSPS) is 10.7. The van der Waals surface area contributed by atoms with Gasteiger partial charge in [0.05, 0.1) is 0 Å². The molecule has 18 heavy (non-hydrogen) atoms. The molecule has 0 fully saturated rings. The van der Waals surface area contributed by atoms with Gasteiger partial charge in [0.25, 0.3) is 0 Å². The van der Waals surface area contributed by atoms with Crippen LogP contribution in [0.4, 0.5) is 8.78 Å². The van der Waals surface area contributed by atoms with Gasteiger partial charge in [0.2, 0.25) is 0 Å². The number of halogens is 3. The summed E-state index contributed by atoms with van der Waals surface area (Å²) in [5.74, 6) is -1.14. The molecule has 94 valence electrons. The smallest absolute Gasteiger partial charge is 0.140 e. The van der Waals surface area contributed by atoms with E-state index in [0.29, 0.717) is 11.4 Å². The van der Waals surface area contributed by atoms with Crippen LogP contribution in [0.15, 0.2) is 50.7 Å². The predicted octanol–water partition coefficient (Wildman–Crippen LogP) is 4.34. The van der Waals surface area contributed by atoms with Crippen LogP contribution in [0.3, 0.4) is 0 Å². The topological polar surface area (TPSA) is 26.0 Å². The van der Waals surface area contributed by atoms with Crippen LogP contribution in [-0.4, -0.2) is 0 Å². The van der Waals surface area contributed by atoms with Gasteiger partial charge in [-0.3, -0.25) is 0 Å². The van der Waals surface area contributed by atoms with E-state index in [1.807, 2.05) is 18.2 Å². The summed E-state index contributed by atoms with van der Waals surface area (Å²) in [7, 11) is 0. The van der Waals surface area contributed by atoms with Gasteiger partial charge >= 0.3 is 0 Å². The molecule has 0 aromatic heterocycles. The van der Waals surface area contributed by atoms with Crippen LogP contribution in [0.5, 0.6) is 0 Å². The molecular weight excluding hydrogens is 320 g/mol. The van der Waals surface area contributed by atoms with E-state index in [0.717, 1.165) is 21.0 Å².